The largest absolute Gasteiger partial charge is 0.472 e. The minimum absolute atomic E-state index is 0.0287. The van der Waals surface area contributed by atoms with Crippen LogP contribution in [0.2, 0.25) is 0 Å². The van der Waals surface area contributed by atoms with Gasteiger partial charge in [0, 0.05) is 12.8 Å². The molecule has 0 saturated heterocycles. The molecule has 0 aliphatic heterocycles. The molecule has 0 spiro atoms. The Labute approximate surface area is 456 Å². The highest BCUT2D eigenvalue weighted by atomic mass is 31.2. The number of ether oxygens (including phenoxy) is 2. The van der Waals surface area contributed by atoms with Crippen LogP contribution >= 0.6 is 7.82 Å². The summed E-state index contributed by atoms with van der Waals surface area (Å²) in [5.74, 6) is -0.799. The van der Waals surface area contributed by atoms with E-state index in [0.717, 1.165) is 77.0 Å². The topological polar surface area (TPSA) is 108 Å². The van der Waals surface area contributed by atoms with Gasteiger partial charge < -0.3 is 18.9 Å². The number of esters is 2. The Bertz CT molecular complexity index is 1520. The van der Waals surface area contributed by atoms with Crippen LogP contribution in [0.1, 0.15) is 258 Å². The van der Waals surface area contributed by atoms with E-state index in [1.54, 1.807) is 0 Å². The van der Waals surface area contributed by atoms with Crippen LogP contribution in [-0.2, 0) is 32.7 Å². The molecule has 0 fully saturated rings. The highest BCUT2D eigenvalue weighted by Crippen LogP contribution is 2.43. The third-order valence-electron chi connectivity index (χ3n) is 12.9. The van der Waals surface area contributed by atoms with Gasteiger partial charge in [0.2, 0.25) is 0 Å². The molecule has 0 heterocycles. The van der Waals surface area contributed by atoms with Crippen molar-refractivity contribution in [3.05, 3.63) is 85.1 Å². The number of rotatable bonds is 55. The Hall–Kier alpha value is -2.81. The first kappa shape index (κ1) is 71.2. The van der Waals surface area contributed by atoms with Gasteiger partial charge in [-0.15, -0.1) is 0 Å². The number of allylic oxidation sites excluding steroid dienone is 14. The molecular formula is C64H115NO8P+. The van der Waals surface area contributed by atoms with E-state index in [0.29, 0.717) is 17.4 Å². The molecule has 0 amide bonds. The molecule has 0 aromatic rings. The summed E-state index contributed by atoms with van der Waals surface area (Å²) in [7, 11) is 1.47. The number of likely N-dealkylation sites (N-methyl/N-ethyl adjacent to an activating group) is 1. The second kappa shape index (κ2) is 55.0. The fourth-order valence-electron chi connectivity index (χ4n) is 8.25. The standard InChI is InChI=1S/C64H114NO8P/c1-6-8-10-12-14-16-18-20-22-24-26-27-28-29-30-31-32-33-34-35-36-37-39-41-43-45-47-49-51-53-55-57-64(67)73-62(61-72-74(68,69)71-59-58-65(3,4)5)60-70-63(66)56-54-52-50-48-46-44-42-40-38-25-23-21-19-17-15-13-11-9-7-2/h8,10,14-17,20-23,26-27,29-30,62H,6-7,9,11-13,18-19,24-25,28,31-61H2,1-5H3/p+1/b10-8-,16-14-,17-15-,22-20-,23-21-,27-26-,30-29-. The summed E-state index contributed by atoms with van der Waals surface area (Å²) in [6, 6.07) is 0. The Kier molecular flexibility index (Phi) is 52.9. The number of unbranched alkanes of at least 4 members (excludes halogenated alkanes) is 27. The van der Waals surface area contributed by atoms with E-state index in [4.69, 9.17) is 18.5 Å². The molecule has 74 heavy (non-hydrogen) atoms. The molecule has 0 aliphatic carbocycles. The zero-order valence-electron chi connectivity index (χ0n) is 48.6. The summed E-state index contributed by atoms with van der Waals surface area (Å²) in [4.78, 5) is 35.7. The molecular weight excluding hydrogens is 942 g/mol. The molecule has 0 radical (unpaired) electrons. The van der Waals surface area contributed by atoms with E-state index in [1.165, 1.54) is 148 Å². The monoisotopic (exact) mass is 1060 g/mol. The van der Waals surface area contributed by atoms with E-state index in [-0.39, 0.29) is 32.0 Å². The van der Waals surface area contributed by atoms with E-state index in [9.17, 15) is 19.0 Å². The predicted molar refractivity (Wildman–Crippen MR) is 316 cm³/mol. The first-order chi connectivity index (χ1) is 36.0. The summed E-state index contributed by atoms with van der Waals surface area (Å²) in [6.07, 6.45) is 73.7. The molecule has 0 aromatic heterocycles. The first-order valence-corrected chi connectivity index (χ1v) is 31.8. The van der Waals surface area contributed by atoms with Crippen molar-refractivity contribution in [2.45, 2.75) is 264 Å². The lowest BCUT2D eigenvalue weighted by atomic mass is 10.0. The third kappa shape index (κ3) is 58.5. The number of hydrogen-bond acceptors (Lipinski definition) is 7. The van der Waals surface area contributed by atoms with Gasteiger partial charge in [0.1, 0.15) is 19.8 Å². The van der Waals surface area contributed by atoms with Crippen LogP contribution in [0, 0.1) is 0 Å². The Morgan fingerprint density at radius 2 is 0.770 bits per heavy atom. The van der Waals surface area contributed by atoms with Crippen LogP contribution in [-0.4, -0.2) is 74.9 Å². The van der Waals surface area contributed by atoms with Gasteiger partial charge in [-0.2, -0.15) is 0 Å². The molecule has 0 saturated carbocycles. The molecule has 0 rings (SSSR count). The Morgan fingerprint density at radius 3 is 1.15 bits per heavy atom. The average Bonchev–Trinajstić information content (AvgIpc) is 3.36. The average molecular weight is 1060 g/mol. The maximum absolute atomic E-state index is 12.8. The summed E-state index contributed by atoms with van der Waals surface area (Å²) in [5, 5.41) is 0. The number of phosphoric ester groups is 1. The molecule has 10 heteroatoms. The number of quaternary nitrogens is 1. The van der Waals surface area contributed by atoms with Gasteiger partial charge in [-0.3, -0.25) is 18.6 Å². The summed E-state index contributed by atoms with van der Waals surface area (Å²) in [5.41, 5.74) is 0. The second-order valence-corrected chi connectivity index (χ2v) is 22.8. The van der Waals surface area contributed by atoms with Gasteiger partial charge in [-0.25, -0.2) is 4.57 Å². The lowest BCUT2D eigenvalue weighted by Gasteiger charge is -2.24. The minimum atomic E-state index is -4.39. The lowest BCUT2D eigenvalue weighted by Crippen LogP contribution is -2.37. The molecule has 9 nitrogen and oxygen atoms in total. The number of phosphoric acid groups is 1. The zero-order valence-corrected chi connectivity index (χ0v) is 49.5. The first-order valence-electron chi connectivity index (χ1n) is 30.3. The lowest BCUT2D eigenvalue weighted by molar-refractivity contribution is -0.870. The maximum Gasteiger partial charge on any atom is 0.472 e. The van der Waals surface area contributed by atoms with Crippen LogP contribution in [0.3, 0.4) is 0 Å². The summed E-state index contributed by atoms with van der Waals surface area (Å²) < 4.78 is 34.6. The molecule has 0 aromatic carbocycles. The Balaban J connectivity index is 4.11. The molecule has 0 bridgehead atoms. The van der Waals surface area contributed by atoms with E-state index >= 15 is 0 Å². The highest BCUT2D eigenvalue weighted by molar-refractivity contribution is 7.47. The van der Waals surface area contributed by atoms with Gasteiger partial charge in [0.25, 0.3) is 0 Å². The highest BCUT2D eigenvalue weighted by Gasteiger charge is 2.27. The van der Waals surface area contributed by atoms with Crippen molar-refractivity contribution in [1.82, 2.24) is 0 Å². The normalized spacial score (nSPS) is 13.9. The zero-order chi connectivity index (χ0) is 54.2. The van der Waals surface area contributed by atoms with Crippen molar-refractivity contribution >= 4 is 19.8 Å². The minimum Gasteiger partial charge on any atom is -0.462 e. The van der Waals surface area contributed by atoms with Crippen molar-refractivity contribution in [3.63, 3.8) is 0 Å². The molecule has 428 valence electrons. The molecule has 1 N–H and O–H groups in total. The fraction of sp³-hybridized carbons (Fsp3) is 0.750. The van der Waals surface area contributed by atoms with Crippen LogP contribution in [0.4, 0.5) is 0 Å². The summed E-state index contributed by atoms with van der Waals surface area (Å²) in [6.45, 7) is 4.31. The van der Waals surface area contributed by atoms with Crippen molar-refractivity contribution in [2.75, 3.05) is 47.5 Å². The van der Waals surface area contributed by atoms with Crippen molar-refractivity contribution < 1.29 is 42.1 Å². The Morgan fingerprint density at radius 1 is 0.432 bits per heavy atom. The smallest absolute Gasteiger partial charge is 0.462 e. The fourth-order valence-corrected chi connectivity index (χ4v) is 8.99. The van der Waals surface area contributed by atoms with Gasteiger partial charge in [0.15, 0.2) is 6.10 Å². The van der Waals surface area contributed by atoms with Crippen molar-refractivity contribution in [1.29, 1.82) is 0 Å². The number of carbonyl (C=O) groups is 2. The quantitative estimate of drug-likeness (QED) is 0.0211. The van der Waals surface area contributed by atoms with E-state index < -0.39 is 26.5 Å². The van der Waals surface area contributed by atoms with Crippen molar-refractivity contribution in [2.24, 2.45) is 0 Å². The SMILES string of the molecule is CC/C=C\C/C=C\C/C=C\C/C=C\C/C=C\CCCCCCCCCCCCCCCCCC(=O)OC(COC(=O)CCCCCCCCCCC/C=C\C/C=C\CCCCC)COP(=O)(O)OCC[N+](C)(C)C. The molecule has 0 aliphatic rings. The van der Waals surface area contributed by atoms with Crippen LogP contribution in [0.25, 0.3) is 0 Å². The molecule has 2 atom stereocenters. The number of carbonyl (C=O) groups excluding carboxylic acids is 2. The van der Waals surface area contributed by atoms with Gasteiger partial charge in [-0.05, 0) is 89.9 Å². The van der Waals surface area contributed by atoms with E-state index in [2.05, 4.69) is 98.9 Å². The van der Waals surface area contributed by atoms with Crippen LogP contribution < -0.4 is 0 Å². The molecule has 2 unspecified atom stereocenters. The van der Waals surface area contributed by atoms with E-state index in [1.807, 2.05) is 21.1 Å². The van der Waals surface area contributed by atoms with Gasteiger partial charge in [0.05, 0.1) is 27.7 Å². The van der Waals surface area contributed by atoms with Crippen LogP contribution in [0.5, 0.6) is 0 Å². The van der Waals surface area contributed by atoms with Gasteiger partial charge in [-0.1, -0.05) is 240 Å². The predicted octanol–water partition coefficient (Wildman–Crippen LogP) is 19.0. The maximum atomic E-state index is 12.8. The van der Waals surface area contributed by atoms with Crippen LogP contribution in [0.15, 0.2) is 85.1 Å². The number of hydrogen-bond donors (Lipinski definition) is 1. The number of nitrogens with zero attached hydrogens (tertiary/aromatic N) is 1. The van der Waals surface area contributed by atoms with Crippen molar-refractivity contribution in [3.8, 4) is 0 Å². The van der Waals surface area contributed by atoms with Gasteiger partial charge >= 0.3 is 19.8 Å². The summed E-state index contributed by atoms with van der Waals surface area (Å²) >= 11 is 0. The second-order valence-electron chi connectivity index (χ2n) is 21.4. The third-order valence-corrected chi connectivity index (χ3v) is 13.9.